The second-order valence-corrected chi connectivity index (χ2v) is 4.55. The third-order valence-electron chi connectivity index (χ3n) is 2.24. The number of carboxylic acid groups (broad SMARTS) is 2. The monoisotopic (exact) mass is 319 g/mol. The molecule has 0 heterocycles. The summed E-state index contributed by atoms with van der Waals surface area (Å²) in [5, 5.41) is 20.0. The van der Waals surface area contributed by atoms with Crippen molar-refractivity contribution in [3.8, 4) is 0 Å². The molecule has 1 rings (SSSR count). The minimum absolute atomic E-state index is 0.126. The highest BCUT2D eigenvalue weighted by molar-refractivity contribution is 9.10. The SMILES string of the molecule is O=C(O)CC(CNc1cc(Br)ccc1F)C(=O)O. The van der Waals surface area contributed by atoms with E-state index in [0.29, 0.717) is 4.47 Å². The first-order valence-electron chi connectivity index (χ1n) is 5.03. The number of hydrogen-bond donors (Lipinski definition) is 3. The van der Waals surface area contributed by atoms with Crippen LogP contribution in [-0.2, 0) is 9.59 Å². The number of halogens is 2. The Balaban J connectivity index is 2.69. The molecule has 0 spiro atoms. The molecule has 0 saturated heterocycles. The predicted octanol–water partition coefficient (Wildman–Crippen LogP) is 2.18. The lowest BCUT2D eigenvalue weighted by Crippen LogP contribution is -2.25. The van der Waals surface area contributed by atoms with Gasteiger partial charge in [-0.25, -0.2) is 4.39 Å². The van der Waals surface area contributed by atoms with Gasteiger partial charge >= 0.3 is 11.9 Å². The normalized spacial score (nSPS) is 11.9. The lowest BCUT2D eigenvalue weighted by atomic mass is 10.1. The van der Waals surface area contributed by atoms with Crippen LogP contribution < -0.4 is 5.32 Å². The smallest absolute Gasteiger partial charge is 0.308 e. The van der Waals surface area contributed by atoms with Gasteiger partial charge in [0.25, 0.3) is 0 Å². The zero-order valence-corrected chi connectivity index (χ0v) is 10.8. The Kier molecular flexibility index (Phi) is 5.08. The summed E-state index contributed by atoms with van der Waals surface area (Å²) in [7, 11) is 0. The minimum atomic E-state index is -1.24. The quantitative estimate of drug-likeness (QED) is 0.748. The molecule has 0 fully saturated rings. The van der Waals surface area contributed by atoms with E-state index in [-0.39, 0.29) is 12.2 Å². The molecule has 0 saturated carbocycles. The molecule has 0 aliphatic heterocycles. The van der Waals surface area contributed by atoms with Gasteiger partial charge in [-0.2, -0.15) is 0 Å². The van der Waals surface area contributed by atoms with Crippen LogP contribution >= 0.6 is 15.9 Å². The minimum Gasteiger partial charge on any atom is -0.481 e. The Hall–Kier alpha value is -1.63. The van der Waals surface area contributed by atoms with Gasteiger partial charge in [-0.05, 0) is 18.2 Å². The van der Waals surface area contributed by atoms with Crippen LogP contribution in [0.3, 0.4) is 0 Å². The first-order valence-corrected chi connectivity index (χ1v) is 5.83. The van der Waals surface area contributed by atoms with E-state index < -0.39 is 30.1 Å². The number of hydrogen-bond acceptors (Lipinski definition) is 3. The fourth-order valence-electron chi connectivity index (χ4n) is 1.32. The summed E-state index contributed by atoms with van der Waals surface area (Å²) in [6.45, 7) is -0.158. The predicted molar refractivity (Wildman–Crippen MR) is 66.0 cm³/mol. The van der Waals surface area contributed by atoms with Gasteiger partial charge in [0, 0.05) is 11.0 Å². The maximum atomic E-state index is 13.3. The zero-order valence-electron chi connectivity index (χ0n) is 9.19. The summed E-state index contributed by atoms with van der Waals surface area (Å²) in [6, 6.07) is 4.18. The van der Waals surface area contributed by atoms with Crippen molar-refractivity contribution >= 4 is 33.6 Å². The van der Waals surface area contributed by atoms with Gasteiger partial charge in [0.1, 0.15) is 5.82 Å². The molecule has 0 radical (unpaired) electrons. The molecule has 0 aliphatic carbocycles. The van der Waals surface area contributed by atoms with Gasteiger partial charge in [0.05, 0.1) is 18.0 Å². The molecule has 98 valence electrons. The summed E-state index contributed by atoms with van der Waals surface area (Å²) in [6.07, 6.45) is -0.516. The van der Waals surface area contributed by atoms with Crippen molar-refractivity contribution in [2.45, 2.75) is 6.42 Å². The standard InChI is InChI=1S/C11H11BrFNO4/c12-7-1-2-8(13)9(4-7)14-5-6(11(17)18)3-10(15)16/h1-2,4,6,14H,3,5H2,(H,15,16)(H,17,18). The van der Waals surface area contributed by atoms with Crippen molar-refractivity contribution in [3.05, 3.63) is 28.5 Å². The molecule has 1 aromatic rings. The van der Waals surface area contributed by atoms with Crippen LogP contribution in [0.1, 0.15) is 6.42 Å². The molecular weight excluding hydrogens is 309 g/mol. The molecule has 3 N–H and O–H groups in total. The first-order chi connectivity index (χ1) is 8.40. The summed E-state index contributed by atoms with van der Waals surface area (Å²) in [4.78, 5) is 21.3. The van der Waals surface area contributed by atoms with Crippen LogP contribution in [0.5, 0.6) is 0 Å². The third-order valence-corrected chi connectivity index (χ3v) is 2.73. The van der Waals surface area contributed by atoms with Gasteiger partial charge in [0.2, 0.25) is 0 Å². The van der Waals surface area contributed by atoms with Crippen molar-refractivity contribution in [2.24, 2.45) is 5.92 Å². The van der Waals surface area contributed by atoms with Gasteiger partial charge in [-0.15, -0.1) is 0 Å². The average molecular weight is 320 g/mol. The number of anilines is 1. The highest BCUT2D eigenvalue weighted by Gasteiger charge is 2.21. The summed E-state index contributed by atoms with van der Waals surface area (Å²) >= 11 is 3.16. The van der Waals surface area contributed by atoms with Crippen LogP contribution in [0.15, 0.2) is 22.7 Å². The second kappa shape index (κ2) is 6.34. The van der Waals surface area contributed by atoms with Crippen molar-refractivity contribution in [3.63, 3.8) is 0 Å². The van der Waals surface area contributed by atoms with Gasteiger partial charge in [-0.3, -0.25) is 9.59 Å². The lowest BCUT2D eigenvalue weighted by molar-refractivity contribution is -0.147. The van der Waals surface area contributed by atoms with E-state index in [1.54, 1.807) is 0 Å². The molecule has 7 heteroatoms. The number of aliphatic carboxylic acids is 2. The molecule has 0 aromatic heterocycles. The van der Waals surface area contributed by atoms with Crippen LogP contribution in [0.2, 0.25) is 0 Å². The fourth-order valence-corrected chi connectivity index (χ4v) is 1.68. The largest absolute Gasteiger partial charge is 0.481 e. The average Bonchev–Trinajstić information content (AvgIpc) is 2.27. The van der Waals surface area contributed by atoms with Crippen LogP contribution in [-0.4, -0.2) is 28.7 Å². The molecule has 18 heavy (non-hydrogen) atoms. The van der Waals surface area contributed by atoms with Gasteiger partial charge in [-0.1, -0.05) is 15.9 Å². The Morgan fingerprint density at radius 3 is 2.61 bits per heavy atom. The third kappa shape index (κ3) is 4.33. The number of rotatable bonds is 6. The second-order valence-electron chi connectivity index (χ2n) is 3.64. The molecule has 1 aromatic carbocycles. The summed E-state index contributed by atoms with van der Waals surface area (Å²) in [5.74, 6) is -4.09. The molecule has 1 unspecified atom stereocenters. The van der Waals surface area contributed by atoms with Crippen LogP contribution in [0, 0.1) is 11.7 Å². The number of carbonyl (C=O) groups is 2. The van der Waals surface area contributed by atoms with E-state index in [9.17, 15) is 14.0 Å². The molecule has 0 aliphatic rings. The topological polar surface area (TPSA) is 86.6 Å². The summed E-state index contributed by atoms with van der Waals surface area (Å²) in [5.41, 5.74) is 0.126. The fraction of sp³-hybridized carbons (Fsp3) is 0.273. The first kappa shape index (κ1) is 14.4. The number of nitrogens with one attached hydrogen (secondary N) is 1. The van der Waals surface area contributed by atoms with Crippen molar-refractivity contribution in [2.75, 3.05) is 11.9 Å². The van der Waals surface area contributed by atoms with Crippen LogP contribution in [0.4, 0.5) is 10.1 Å². The Bertz CT molecular complexity index is 466. The van der Waals surface area contributed by atoms with E-state index in [1.165, 1.54) is 18.2 Å². The molecule has 0 bridgehead atoms. The Labute approximate surface area is 111 Å². The van der Waals surface area contributed by atoms with E-state index in [4.69, 9.17) is 10.2 Å². The molecular formula is C11H11BrFNO4. The van der Waals surface area contributed by atoms with Crippen molar-refractivity contribution < 1.29 is 24.2 Å². The maximum Gasteiger partial charge on any atom is 0.308 e. The summed E-state index contributed by atoms with van der Waals surface area (Å²) < 4.78 is 14.0. The molecule has 0 amide bonds. The Morgan fingerprint density at radius 1 is 1.39 bits per heavy atom. The van der Waals surface area contributed by atoms with Crippen LogP contribution in [0.25, 0.3) is 0 Å². The maximum absolute atomic E-state index is 13.3. The molecule has 1 atom stereocenters. The van der Waals surface area contributed by atoms with E-state index in [0.717, 1.165) is 0 Å². The molecule has 5 nitrogen and oxygen atoms in total. The van der Waals surface area contributed by atoms with Gasteiger partial charge < -0.3 is 15.5 Å². The van der Waals surface area contributed by atoms with E-state index in [2.05, 4.69) is 21.2 Å². The number of benzene rings is 1. The van der Waals surface area contributed by atoms with Crippen molar-refractivity contribution in [1.29, 1.82) is 0 Å². The number of carboxylic acids is 2. The Morgan fingerprint density at radius 2 is 2.06 bits per heavy atom. The highest BCUT2D eigenvalue weighted by atomic mass is 79.9. The van der Waals surface area contributed by atoms with E-state index in [1.807, 2.05) is 0 Å². The highest BCUT2D eigenvalue weighted by Crippen LogP contribution is 2.20. The van der Waals surface area contributed by atoms with Gasteiger partial charge in [0.15, 0.2) is 0 Å². The lowest BCUT2D eigenvalue weighted by Gasteiger charge is -2.13. The zero-order chi connectivity index (χ0) is 13.7. The van der Waals surface area contributed by atoms with E-state index >= 15 is 0 Å². The van der Waals surface area contributed by atoms with Crippen molar-refractivity contribution in [1.82, 2.24) is 0 Å².